The Labute approximate surface area is 181 Å². The van der Waals surface area contributed by atoms with E-state index in [0.29, 0.717) is 23.3 Å². The van der Waals surface area contributed by atoms with Gasteiger partial charge in [0.25, 0.3) is 17.3 Å². The van der Waals surface area contributed by atoms with E-state index in [1.807, 2.05) is 6.07 Å². The summed E-state index contributed by atoms with van der Waals surface area (Å²) in [6.45, 7) is 2.15. The van der Waals surface area contributed by atoms with E-state index in [0.717, 1.165) is 18.2 Å². The number of non-ortho nitro benzene ring substituents is 2. The lowest BCUT2D eigenvalue weighted by Crippen LogP contribution is -2.29. The van der Waals surface area contributed by atoms with Gasteiger partial charge in [-0.3, -0.25) is 25.0 Å². The molecule has 3 N–H and O–H groups in total. The summed E-state index contributed by atoms with van der Waals surface area (Å²) in [4.78, 5) is 45.3. The van der Waals surface area contributed by atoms with E-state index < -0.39 is 27.1 Å². The largest absolute Gasteiger partial charge is 0.368 e. The van der Waals surface area contributed by atoms with Crippen molar-refractivity contribution in [3.63, 3.8) is 0 Å². The number of hydrogen-bond acceptors (Lipinski definition) is 10. The molecule has 13 nitrogen and oxygen atoms in total. The first kappa shape index (κ1) is 22.0. The molecule has 0 bridgehead atoms. The van der Waals surface area contributed by atoms with Crippen LogP contribution in [0.4, 0.5) is 28.8 Å². The third kappa shape index (κ3) is 5.91. The van der Waals surface area contributed by atoms with Crippen molar-refractivity contribution in [3.8, 4) is 0 Å². The Morgan fingerprint density at radius 3 is 2.25 bits per heavy atom. The number of benzene rings is 1. The predicted octanol–water partition coefficient (Wildman–Crippen LogP) is 2.58. The Balaban J connectivity index is 1.59. The summed E-state index contributed by atoms with van der Waals surface area (Å²) in [5.74, 6) is 1.51. The van der Waals surface area contributed by atoms with E-state index in [1.165, 1.54) is 0 Å². The fourth-order valence-corrected chi connectivity index (χ4v) is 2.70. The minimum absolute atomic E-state index is 0.140. The van der Waals surface area contributed by atoms with Crippen LogP contribution in [0, 0.1) is 27.2 Å². The Kier molecular flexibility index (Phi) is 6.80. The minimum Gasteiger partial charge on any atom is -0.368 e. The number of rotatable bonds is 9. The molecule has 3 rings (SSSR count). The van der Waals surface area contributed by atoms with E-state index in [4.69, 9.17) is 0 Å². The van der Waals surface area contributed by atoms with E-state index >= 15 is 0 Å². The molecule has 0 saturated heterocycles. The zero-order chi connectivity index (χ0) is 23.1. The lowest BCUT2D eigenvalue weighted by Gasteiger charge is -2.10. The molecule has 0 radical (unpaired) electrons. The number of aryl methyl sites for hydroxylation is 1. The summed E-state index contributed by atoms with van der Waals surface area (Å²) in [5, 5.41) is 30.6. The molecule has 1 amide bonds. The zero-order valence-corrected chi connectivity index (χ0v) is 16.8. The average molecular weight is 438 g/mol. The minimum atomic E-state index is -0.792. The van der Waals surface area contributed by atoms with Crippen molar-refractivity contribution in [1.29, 1.82) is 0 Å². The number of carbonyl (C=O) groups is 1. The molecule has 0 saturated carbocycles. The molecule has 0 atom stereocenters. The van der Waals surface area contributed by atoms with E-state index in [9.17, 15) is 25.0 Å². The highest BCUT2D eigenvalue weighted by atomic mass is 16.6. The maximum absolute atomic E-state index is 12.3. The van der Waals surface area contributed by atoms with Gasteiger partial charge in [-0.25, -0.2) is 15.0 Å². The normalized spacial score (nSPS) is 10.3. The summed E-state index contributed by atoms with van der Waals surface area (Å²) >= 11 is 0. The molecule has 0 aliphatic heterocycles. The summed E-state index contributed by atoms with van der Waals surface area (Å²) in [6.07, 6.45) is 1.65. The second kappa shape index (κ2) is 9.88. The zero-order valence-electron chi connectivity index (χ0n) is 16.8. The van der Waals surface area contributed by atoms with Crippen LogP contribution in [-0.2, 0) is 0 Å². The molecule has 13 heteroatoms. The average Bonchev–Trinajstić information content (AvgIpc) is 2.76. The lowest BCUT2D eigenvalue weighted by molar-refractivity contribution is -0.394. The van der Waals surface area contributed by atoms with Crippen LogP contribution >= 0.6 is 0 Å². The fraction of sp³-hybridized carbons (Fsp3) is 0.158. The quantitative estimate of drug-likeness (QED) is 0.255. The van der Waals surface area contributed by atoms with Crippen LogP contribution in [0.25, 0.3) is 0 Å². The van der Waals surface area contributed by atoms with Gasteiger partial charge in [-0.05, 0) is 19.1 Å². The van der Waals surface area contributed by atoms with Crippen LogP contribution in [0.1, 0.15) is 16.2 Å². The van der Waals surface area contributed by atoms with Crippen LogP contribution in [-0.4, -0.2) is 43.8 Å². The molecule has 2 aromatic heterocycles. The third-order valence-electron chi connectivity index (χ3n) is 4.06. The van der Waals surface area contributed by atoms with Crippen LogP contribution < -0.4 is 16.0 Å². The number of nitrogens with zero attached hydrogens (tertiary/aromatic N) is 5. The van der Waals surface area contributed by atoms with Gasteiger partial charge in [0, 0.05) is 37.5 Å². The number of nitro benzene ring substituents is 2. The highest BCUT2D eigenvalue weighted by Gasteiger charge is 2.19. The molecular formula is C19H18N8O5. The van der Waals surface area contributed by atoms with E-state index in [-0.39, 0.29) is 18.7 Å². The molecule has 1 aromatic carbocycles. The smallest absolute Gasteiger partial charge is 0.277 e. The van der Waals surface area contributed by atoms with Crippen LogP contribution in [0.3, 0.4) is 0 Å². The predicted molar refractivity (Wildman–Crippen MR) is 115 cm³/mol. The maximum atomic E-state index is 12.3. The first-order valence-electron chi connectivity index (χ1n) is 9.31. The number of pyridine rings is 1. The second-order valence-corrected chi connectivity index (χ2v) is 6.46. The molecule has 0 unspecified atom stereocenters. The Morgan fingerprint density at radius 1 is 0.938 bits per heavy atom. The molecule has 0 aliphatic carbocycles. The molecule has 32 heavy (non-hydrogen) atoms. The van der Waals surface area contributed by atoms with Gasteiger partial charge in [-0.1, -0.05) is 6.07 Å². The van der Waals surface area contributed by atoms with Crippen LogP contribution in [0.15, 0.2) is 48.7 Å². The number of nitrogens with one attached hydrogen (secondary N) is 3. The van der Waals surface area contributed by atoms with Crippen molar-refractivity contribution >= 4 is 34.7 Å². The Morgan fingerprint density at radius 2 is 1.62 bits per heavy atom. The van der Waals surface area contributed by atoms with Gasteiger partial charge >= 0.3 is 0 Å². The van der Waals surface area contributed by atoms with Crippen LogP contribution in [0.5, 0.6) is 0 Å². The van der Waals surface area contributed by atoms with Crippen molar-refractivity contribution in [2.24, 2.45) is 0 Å². The maximum Gasteiger partial charge on any atom is 0.277 e. The van der Waals surface area contributed by atoms with Gasteiger partial charge in [0.2, 0.25) is 0 Å². The summed E-state index contributed by atoms with van der Waals surface area (Å²) < 4.78 is 0. The summed E-state index contributed by atoms with van der Waals surface area (Å²) in [6, 6.07) is 9.86. The van der Waals surface area contributed by atoms with Crippen molar-refractivity contribution in [2.75, 3.05) is 23.7 Å². The number of carbonyl (C=O) groups excluding carboxylic acids is 1. The topological polar surface area (TPSA) is 178 Å². The standard InChI is InChI=1S/C19H18N8O5/c1-12-23-17(11-18(24-12)25-16-4-2-3-5-20-16)21-6-7-22-19(28)13-8-14(26(29)30)10-15(9-13)27(31)32/h2-5,8-11H,6-7H2,1H3,(H,22,28)(H2,20,21,23,24,25). The SMILES string of the molecule is Cc1nc(NCCNC(=O)c2cc([N+](=O)[O-])cc([N+](=O)[O-])c2)cc(Nc2ccccn2)n1. The lowest BCUT2D eigenvalue weighted by atomic mass is 10.1. The van der Waals surface area contributed by atoms with Crippen molar-refractivity contribution < 1.29 is 14.6 Å². The van der Waals surface area contributed by atoms with Crippen molar-refractivity contribution in [2.45, 2.75) is 6.92 Å². The van der Waals surface area contributed by atoms with Crippen molar-refractivity contribution in [3.05, 3.63) is 80.3 Å². The van der Waals surface area contributed by atoms with Gasteiger partial charge in [-0.2, -0.15) is 0 Å². The molecule has 0 spiro atoms. The molecule has 2 heterocycles. The molecular weight excluding hydrogens is 420 g/mol. The van der Waals surface area contributed by atoms with Gasteiger partial charge < -0.3 is 16.0 Å². The monoisotopic (exact) mass is 438 g/mol. The molecule has 164 valence electrons. The first-order chi connectivity index (χ1) is 15.3. The molecule has 3 aromatic rings. The third-order valence-corrected chi connectivity index (χ3v) is 4.06. The van der Waals surface area contributed by atoms with E-state index in [2.05, 4.69) is 30.9 Å². The molecule has 0 aliphatic rings. The number of anilines is 3. The van der Waals surface area contributed by atoms with Gasteiger partial charge in [0.15, 0.2) is 0 Å². The first-order valence-corrected chi connectivity index (χ1v) is 9.31. The summed E-state index contributed by atoms with van der Waals surface area (Å²) in [5.41, 5.74) is -1.25. The van der Waals surface area contributed by atoms with Gasteiger partial charge in [0.05, 0.1) is 21.5 Å². The number of amides is 1. The van der Waals surface area contributed by atoms with Crippen molar-refractivity contribution in [1.82, 2.24) is 20.3 Å². The second-order valence-electron chi connectivity index (χ2n) is 6.46. The van der Waals surface area contributed by atoms with E-state index in [1.54, 1.807) is 31.3 Å². The summed E-state index contributed by atoms with van der Waals surface area (Å²) in [7, 11) is 0. The highest BCUT2D eigenvalue weighted by molar-refractivity contribution is 5.95. The number of hydrogen-bond donors (Lipinski definition) is 3. The van der Waals surface area contributed by atoms with Gasteiger partial charge in [0.1, 0.15) is 23.3 Å². The Bertz CT molecular complexity index is 1120. The number of nitro groups is 2. The number of aromatic nitrogens is 3. The van der Waals surface area contributed by atoms with Gasteiger partial charge in [-0.15, -0.1) is 0 Å². The fourth-order valence-electron chi connectivity index (χ4n) is 2.70. The molecule has 0 fully saturated rings. The van der Waals surface area contributed by atoms with Crippen LogP contribution in [0.2, 0.25) is 0 Å². The highest BCUT2D eigenvalue weighted by Crippen LogP contribution is 2.22. The Hall–Kier alpha value is -4.68.